The molecule has 2 aromatic rings. The zero-order valence-corrected chi connectivity index (χ0v) is 15.2. The fourth-order valence-electron chi connectivity index (χ4n) is 3.47. The predicted molar refractivity (Wildman–Crippen MR) is 99.3 cm³/mol. The van der Waals surface area contributed by atoms with Crippen LogP contribution in [0.4, 0.5) is 0 Å². The molecule has 25 heavy (non-hydrogen) atoms. The molecule has 1 aromatic carbocycles. The van der Waals surface area contributed by atoms with Crippen molar-refractivity contribution in [2.75, 3.05) is 13.1 Å². The van der Waals surface area contributed by atoms with E-state index in [-0.39, 0.29) is 5.91 Å². The summed E-state index contributed by atoms with van der Waals surface area (Å²) in [5.74, 6) is 0.796. The van der Waals surface area contributed by atoms with Gasteiger partial charge in [-0.05, 0) is 51.3 Å². The first-order valence-corrected chi connectivity index (χ1v) is 9.17. The van der Waals surface area contributed by atoms with E-state index in [1.165, 1.54) is 12.0 Å². The molecular formula is C20H28N4O. The highest BCUT2D eigenvalue weighted by atomic mass is 16.1. The normalized spacial score (nSPS) is 17.0. The number of carbonyl (C=O) groups excluding carboxylic acids is 1. The van der Waals surface area contributed by atoms with Gasteiger partial charge in [0.25, 0.3) is 0 Å². The van der Waals surface area contributed by atoms with E-state index in [0.29, 0.717) is 18.9 Å². The quantitative estimate of drug-likeness (QED) is 0.814. The van der Waals surface area contributed by atoms with Gasteiger partial charge in [0.2, 0.25) is 5.91 Å². The topological polar surface area (TPSA) is 59.0 Å². The molecule has 0 bridgehead atoms. The molecule has 0 spiro atoms. The SMILES string of the molecule is Cc1nn(Cc2ccccc2)c(C)c1CNC(=O)CCC1CCNC1. The van der Waals surface area contributed by atoms with Crippen LogP contribution in [0.15, 0.2) is 30.3 Å². The Labute approximate surface area is 149 Å². The van der Waals surface area contributed by atoms with Gasteiger partial charge in [0, 0.05) is 24.2 Å². The van der Waals surface area contributed by atoms with Crippen molar-refractivity contribution in [3.63, 3.8) is 0 Å². The van der Waals surface area contributed by atoms with E-state index in [4.69, 9.17) is 0 Å². The maximum absolute atomic E-state index is 12.1. The Kier molecular flexibility index (Phi) is 5.87. The summed E-state index contributed by atoms with van der Waals surface area (Å²) < 4.78 is 2.02. The first kappa shape index (κ1) is 17.7. The lowest BCUT2D eigenvalue weighted by Crippen LogP contribution is -2.24. The molecular weight excluding hydrogens is 312 g/mol. The van der Waals surface area contributed by atoms with E-state index in [9.17, 15) is 4.79 Å². The Morgan fingerprint density at radius 1 is 1.32 bits per heavy atom. The van der Waals surface area contributed by atoms with Crippen molar-refractivity contribution in [3.05, 3.63) is 52.8 Å². The van der Waals surface area contributed by atoms with Crippen LogP contribution in [0.5, 0.6) is 0 Å². The number of amides is 1. The lowest BCUT2D eigenvalue weighted by Gasteiger charge is -2.09. The minimum atomic E-state index is 0.140. The van der Waals surface area contributed by atoms with E-state index >= 15 is 0 Å². The number of nitrogens with one attached hydrogen (secondary N) is 2. The average molecular weight is 340 g/mol. The van der Waals surface area contributed by atoms with Crippen LogP contribution in [0.1, 0.15) is 41.8 Å². The van der Waals surface area contributed by atoms with Gasteiger partial charge in [0.15, 0.2) is 0 Å². The second kappa shape index (κ2) is 8.30. The molecule has 0 aliphatic carbocycles. The molecule has 1 aliphatic heterocycles. The van der Waals surface area contributed by atoms with Crippen molar-refractivity contribution in [3.8, 4) is 0 Å². The van der Waals surface area contributed by atoms with Crippen LogP contribution in [-0.2, 0) is 17.9 Å². The second-order valence-electron chi connectivity index (χ2n) is 6.97. The van der Waals surface area contributed by atoms with E-state index in [1.54, 1.807) is 0 Å². The molecule has 1 atom stereocenters. The number of aryl methyl sites for hydroxylation is 1. The van der Waals surface area contributed by atoms with Gasteiger partial charge in [-0.25, -0.2) is 0 Å². The molecule has 1 unspecified atom stereocenters. The third kappa shape index (κ3) is 4.69. The summed E-state index contributed by atoms with van der Waals surface area (Å²) in [6, 6.07) is 10.3. The lowest BCUT2D eigenvalue weighted by molar-refractivity contribution is -0.121. The Hall–Kier alpha value is -2.14. The number of hydrogen-bond acceptors (Lipinski definition) is 3. The molecule has 1 aromatic heterocycles. The molecule has 1 fully saturated rings. The number of hydrogen-bond donors (Lipinski definition) is 2. The molecule has 1 aliphatic rings. The molecule has 1 saturated heterocycles. The van der Waals surface area contributed by atoms with Crippen molar-refractivity contribution in [1.29, 1.82) is 0 Å². The van der Waals surface area contributed by atoms with Crippen LogP contribution in [-0.4, -0.2) is 28.8 Å². The molecule has 134 valence electrons. The van der Waals surface area contributed by atoms with Crippen LogP contribution in [0.25, 0.3) is 0 Å². The average Bonchev–Trinajstić information content (AvgIpc) is 3.22. The number of benzene rings is 1. The summed E-state index contributed by atoms with van der Waals surface area (Å²) in [7, 11) is 0. The first-order valence-electron chi connectivity index (χ1n) is 9.17. The lowest BCUT2D eigenvalue weighted by atomic mass is 10.0. The Bertz CT molecular complexity index is 702. The number of carbonyl (C=O) groups is 1. The van der Waals surface area contributed by atoms with Gasteiger partial charge in [-0.3, -0.25) is 9.48 Å². The highest BCUT2D eigenvalue weighted by Crippen LogP contribution is 2.16. The smallest absolute Gasteiger partial charge is 0.220 e. The van der Waals surface area contributed by atoms with Gasteiger partial charge in [0.1, 0.15) is 0 Å². The van der Waals surface area contributed by atoms with Gasteiger partial charge < -0.3 is 10.6 Å². The molecule has 2 heterocycles. The fourth-order valence-corrected chi connectivity index (χ4v) is 3.47. The maximum atomic E-state index is 12.1. The Morgan fingerprint density at radius 3 is 2.84 bits per heavy atom. The van der Waals surface area contributed by atoms with Crippen LogP contribution in [0.2, 0.25) is 0 Å². The summed E-state index contributed by atoms with van der Waals surface area (Å²) in [6.07, 6.45) is 2.78. The Morgan fingerprint density at radius 2 is 2.12 bits per heavy atom. The summed E-state index contributed by atoms with van der Waals surface area (Å²) in [6.45, 7) is 7.56. The molecule has 5 heteroatoms. The Balaban J connectivity index is 1.54. The summed E-state index contributed by atoms with van der Waals surface area (Å²) in [5.41, 5.74) is 4.48. The maximum Gasteiger partial charge on any atom is 0.220 e. The second-order valence-corrected chi connectivity index (χ2v) is 6.97. The number of aromatic nitrogens is 2. The zero-order chi connectivity index (χ0) is 17.6. The first-order chi connectivity index (χ1) is 12.1. The number of nitrogens with zero attached hydrogens (tertiary/aromatic N) is 2. The van der Waals surface area contributed by atoms with Crippen molar-refractivity contribution >= 4 is 5.91 Å². The minimum absolute atomic E-state index is 0.140. The van der Waals surface area contributed by atoms with E-state index in [2.05, 4.69) is 34.8 Å². The van der Waals surface area contributed by atoms with E-state index in [0.717, 1.165) is 43.0 Å². The number of rotatable bonds is 7. The van der Waals surface area contributed by atoms with Crippen molar-refractivity contribution in [1.82, 2.24) is 20.4 Å². The van der Waals surface area contributed by atoms with Gasteiger partial charge in [-0.2, -0.15) is 5.10 Å². The van der Waals surface area contributed by atoms with E-state index in [1.807, 2.05) is 29.8 Å². The fraction of sp³-hybridized carbons (Fsp3) is 0.500. The molecule has 1 amide bonds. The molecule has 0 radical (unpaired) electrons. The van der Waals surface area contributed by atoms with Crippen LogP contribution in [0, 0.1) is 19.8 Å². The predicted octanol–water partition coefficient (Wildman–Crippen LogP) is 2.55. The van der Waals surface area contributed by atoms with Crippen molar-refractivity contribution in [2.24, 2.45) is 5.92 Å². The van der Waals surface area contributed by atoms with Crippen molar-refractivity contribution < 1.29 is 4.79 Å². The third-order valence-electron chi connectivity index (χ3n) is 5.11. The molecule has 3 rings (SSSR count). The van der Waals surface area contributed by atoms with Crippen LogP contribution >= 0.6 is 0 Å². The molecule has 5 nitrogen and oxygen atoms in total. The summed E-state index contributed by atoms with van der Waals surface area (Å²) >= 11 is 0. The minimum Gasteiger partial charge on any atom is -0.352 e. The summed E-state index contributed by atoms with van der Waals surface area (Å²) in [4.78, 5) is 12.1. The largest absolute Gasteiger partial charge is 0.352 e. The highest BCUT2D eigenvalue weighted by Gasteiger charge is 2.16. The van der Waals surface area contributed by atoms with Gasteiger partial charge >= 0.3 is 0 Å². The van der Waals surface area contributed by atoms with Gasteiger partial charge in [0.05, 0.1) is 12.2 Å². The zero-order valence-electron chi connectivity index (χ0n) is 15.2. The summed E-state index contributed by atoms with van der Waals surface area (Å²) in [5, 5.41) is 11.1. The van der Waals surface area contributed by atoms with Gasteiger partial charge in [-0.1, -0.05) is 30.3 Å². The van der Waals surface area contributed by atoms with E-state index < -0.39 is 0 Å². The van der Waals surface area contributed by atoms with Crippen LogP contribution < -0.4 is 10.6 Å². The standard InChI is InChI=1S/C20H28N4O/c1-15-19(13-22-20(25)9-8-17-10-11-21-12-17)16(2)24(23-15)14-18-6-4-3-5-7-18/h3-7,17,21H,8-14H2,1-2H3,(H,22,25). The molecule has 2 N–H and O–H groups in total. The van der Waals surface area contributed by atoms with Crippen LogP contribution in [0.3, 0.4) is 0 Å². The van der Waals surface area contributed by atoms with Gasteiger partial charge in [-0.15, -0.1) is 0 Å². The molecule has 0 saturated carbocycles. The third-order valence-corrected chi connectivity index (χ3v) is 5.11. The highest BCUT2D eigenvalue weighted by molar-refractivity contribution is 5.75. The van der Waals surface area contributed by atoms with Crippen molar-refractivity contribution in [2.45, 2.75) is 46.2 Å². The monoisotopic (exact) mass is 340 g/mol.